The van der Waals surface area contributed by atoms with Crippen molar-refractivity contribution in [1.82, 2.24) is 9.80 Å². The second-order valence-corrected chi connectivity index (χ2v) is 7.35. The summed E-state index contributed by atoms with van der Waals surface area (Å²) >= 11 is 3.37. The Balaban J connectivity index is 2.27. The monoisotopic (exact) mass is 436 g/mol. The molecule has 0 aliphatic carbocycles. The molecule has 146 valence electrons. The topological polar surface area (TPSA) is 51.1 Å². The molecule has 27 heavy (non-hydrogen) atoms. The fourth-order valence-corrected chi connectivity index (χ4v) is 2.90. The highest BCUT2D eigenvalue weighted by atomic mass is 79.9. The van der Waals surface area contributed by atoms with E-state index in [0.29, 0.717) is 11.5 Å². The van der Waals surface area contributed by atoms with Gasteiger partial charge in [-0.1, -0.05) is 22.0 Å². The molecule has 0 saturated heterocycles. The average Bonchev–Trinajstić information content (AvgIpc) is 2.62. The van der Waals surface area contributed by atoms with Crippen molar-refractivity contribution in [3.05, 3.63) is 58.3 Å². The number of rotatable bonds is 7. The Kier molecular flexibility index (Phi) is 8.06. The summed E-state index contributed by atoms with van der Waals surface area (Å²) in [5.41, 5.74) is 1.25. The van der Waals surface area contributed by atoms with Crippen LogP contribution in [-0.2, 0) is 6.54 Å². The third-order valence-electron chi connectivity index (χ3n) is 4.01. The van der Waals surface area contributed by atoms with Crippen LogP contribution in [0.4, 0.5) is 10.1 Å². The molecule has 0 heterocycles. The number of aromatic hydroxyl groups is 1. The number of phenols is 1. The zero-order chi connectivity index (χ0) is 19.8. The third-order valence-corrected chi connectivity index (χ3v) is 4.50. The molecule has 0 saturated carbocycles. The molecular weight excluding hydrogens is 411 g/mol. The van der Waals surface area contributed by atoms with Gasteiger partial charge in [-0.25, -0.2) is 9.38 Å². The maximum Gasteiger partial charge on any atom is 0.198 e. The fraction of sp³-hybridized carbons (Fsp3) is 0.350. The van der Waals surface area contributed by atoms with Gasteiger partial charge in [0.15, 0.2) is 5.96 Å². The van der Waals surface area contributed by atoms with Gasteiger partial charge in [0.25, 0.3) is 0 Å². The molecule has 0 unspecified atom stereocenters. The Labute approximate surface area is 168 Å². The van der Waals surface area contributed by atoms with E-state index in [2.05, 4.69) is 43.0 Å². The van der Waals surface area contributed by atoms with Gasteiger partial charge in [0.1, 0.15) is 11.6 Å². The zero-order valence-electron chi connectivity index (χ0n) is 15.9. The van der Waals surface area contributed by atoms with Crippen LogP contribution in [0.15, 0.2) is 51.9 Å². The maximum absolute atomic E-state index is 14.1. The van der Waals surface area contributed by atoms with Crippen LogP contribution < -0.4 is 5.32 Å². The van der Waals surface area contributed by atoms with Crippen LogP contribution in [0.25, 0.3) is 0 Å². The largest absolute Gasteiger partial charge is 0.508 e. The fourth-order valence-electron chi connectivity index (χ4n) is 2.49. The maximum atomic E-state index is 14.1. The molecule has 5 nitrogen and oxygen atoms in total. The predicted molar refractivity (Wildman–Crippen MR) is 113 cm³/mol. The second-order valence-electron chi connectivity index (χ2n) is 6.43. The lowest BCUT2D eigenvalue weighted by atomic mass is 10.2. The standard InChI is InChI=1S/C20H26BrFN4O/c1-4-26(11-10-25(2)3)20(24-17-6-5-7-18(27)13-17)23-14-15-12-16(21)8-9-19(15)22/h5-9,12-13,27H,4,10-11,14H2,1-3H3,(H,23,24). The number of likely N-dealkylation sites (N-methyl/N-ethyl adjacent to an activating group) is 2. The molecule has 0 aromatic heterocycles. The molecule has 2 aromatic carbocycles. The van der Waals surface area contributed by atoms with E-state index in [4.69, 9.17) is 0 Å². The van der Waals surface area contributed by atoms with Crippen molar-refractivity contribution in [1.29, 1.82) is 0 Å². The number of aliphatic imine (C=N–C) groups is 1. The lowest BCUT2D eigenvalue weighted by molar-refractivity contribution is 0.336. The minimum Gasteiger partial charge on any atom is -0.508 e. The second kappa shape index (κ2) is 10.3. The van der Waals surface area contributed by atoms with Crippen molar-refractivity contribution >= 4 is 27.6 Å². The van der Waals surface area contributed by atoms with Crippen molar-refractivity contribution in [2.24, 2.45) is 4.99 Å². The van der Waals surface area contributed by atoms with Crippen molar-refractivity contribution in [3.63, 3.8) is 0 Å². The highest BCUT2D eigenvalue weighted by Gasteiger charge is 2.12. The Morgan fingerprint density at radius 1 is 1.19 bits per heavy atom. The molecule has 7 heteroatoms. The van der Waals surface area contributed by atoms with Crippen LogP contribution in [0.5, 0.6) is 5.75 Å². The van der Waals surface area contributed by atoms with Gasteiger partial charge in [-0.2, -0.15) is 0 Å². The first-order valence-corrected chi connectivity index (χ1v) is 9.62. The summed E-state index contributed by atoms with van der Waals surface area (Å²) in [7, 11) is 4.04. The molecule has 0 spiro atoms. The van der Waals surface area contributed by atoms with E-state index < -0.39 is 0 Å². The van der Waals surface area contributed by atoms with E-state index in [1.165, 1.54) is 6.07 Å². The number of phenolic OH excluding ortho intramolecular Hbond substituents is 1. The highest BCUT2D eigenvalue weighted by molar-refractivity contribution is 9.10. The molecule has 0 fully saturated rings. The third kappa shape index (κ3) is 6.84. The number of halogens is 2. The van der Waals surface area contributed by atoms with Crippen LogP contribution in [0, 0.1) is 5.82 Å². The predicted octanol–water partition coefficient (Wildman–Crippen LogP) is 4.15. The molecule has 0 aliphatic heterocycles. The number of benzene rings is 2. The van der Waals surface area contributed by atoms with E-state index in [0.717, 1.165) is 29.8 Å². The van der Waals surface area contributed by atoms with Gasteiger partial charge in [-0.3, -0.25) is 0 Å². The lowest BCUT2D eigenvalue weighted by Gasteiger charge is -2.27. The highest BCUT2D eigenvalue weighted by Crippen LogP contribution is 2.18. The van der Waals surface area contributed by atoms with Gasteiger partial charge in [0, 0.05) is 41.4 Å². The Hall–Kier alpha value is -2.12. The summed E-state index contributed by atoms with van der Waals surface area (Å²) in [5, 5.41) is 13.0. The number of hydrogen-bond acceptors (Lipinski definition) is 3. The summed E-state index contributed by atoms with van der Waals surface area (Å²) in [6.07, 6.45) is 0. The molecule has 0 bridgehead atoms. The van der Waals surface area contributed by atoms with Gasteiger partial charge in [-0.05, 0) is 51.4 Å². The van der Waals surface area contributed by atoms with Gasteiger partial charge >= 0.3 is 0 Å². The summed E-state index contributed by atoms with van der Waals surface area (Å²) in [6.45, 7) is 4.65. The summed E-state index contributed by atoms with van der Waals surface area (Å²) in [4.78, 5) is 8.84. The molecule has 2 aromatic rings. The normalized spacial score (nSPS) is 11.7. The van der Waals surface area contributed by atoms with Crippen molar-refractivity contribution < 1.29 is 9.50 Å². The number of nitrogens with zero attached hydrogens (tertiary/aromatic N) is 3. The van der Waals surface area contributed by atoms with Gasteiger partial charge < -0.3 is 20.2 Å². The van der Waals surface area contributed by atoms with Gasteiger partial charge in [-0.15, -0.1) is 0 Å². The Morgan fingerprint density at radius 3 is 2.63 bits per heavy atom. The zero-order valence-corrected chi connectivity index (χ0v) is 17.5. The number of nitrogens with one attached hydrogen (secondary N) is 1. The molecule has 2 N–H and O–H groups in total. The van der Waals surface area contributed by atoms with Crippen LogP contribution in [-0.4, -0.2) is 54.6 Å². The first-order valence-electron chi connectivity index (χ1n) is 8.83. The number of guanidine groups is 1. The molecule has 0 amide bonds. The lowest BCUT2D eigenvalue weighted by Crippen LogP contribution is -2.40. The van der Waals surface area contributed by atoms with E-state index in [1.807, 2.05) is 20.2 Å². The van der Waals surface area contributed by atoms with E-state index in [1.54, 1.807) is 30.3 Å². The van der Waals surface area contributed by atoms with Gasteiger partial charge in [0.05, 0.1) is 6.54 Å². The summed E-state index contributed by atoms with van der Waals surface area (Å²) < 4.78 is 14.9. The van der Waals surface area contributed by atoms with Gasteiger partial charge in [0.2, 0.25) is 0 Å². The molecule has 0 atom stereocenters. The van der Waals surface area contributed by atoms with Crippen LogP contribution >= 0.6 is 15.9 Å². The summed E-state index contributed by atoms with van der Waals surface area (Å²) in [6, 6.07) is 11.7. The van der Waals surface area contributed by atoms with Crippen LogP contribution in [0.3, 0.4) is 0 Å². The molecule has 0 aliphatic rings. The quantitative estimate of drug-likeness (QED) is 0.505. The van der Waals surface area contributed by atoms with E-state index in [9.17, 15) is 9.50 Å². The number of anilines is 1. The summed E-state index contributed by atoms with van der Waals surface area (Å²) in [5.74, 6) is 0.535. The van der Waals surface area contributed by atoms with E-state index in [-0.39, 0.29) is 18.1 Å². The van der Waals surface area contributed by atoms with Crippen LogP contribution in [0.1, 0.15) is 12.5 Å². The first-order chi connectivity index (χ1) is 12.9. The van der Waals surface area contributed by atoms with Crippen molar-refractivity contribution in [2.45, 2.75) is 13.5 Å². The average molecular weight is 437 g/mol. The smallest absolute Gasteiger partial charge is 0.198 e. The van der Waals surface area contributed by atoms with Crippen molar-refractivity contribution in [2.75, 3.05) is 39.0 Å². The first kappa shape index (κ1) is 21.2. The molecular formula is C20H26BrFN4O. The Bertz CT molecular complexity index is 782. The number of hydrogen-bond donors (Lipinski definition) is 2. The molecule has 0 radical (unpaired) electrons. The molecule has 2 rings (SSSR count). The van der Waals surface area contributed by atoms with Crippen molar-refractivity contribution in [3.8, 4) is 5.75 Å². The minimum atomic E-state index is -0.282. The minimum absolute atomic E-state index is 0.175. The van der Waals surface area contributed by atoms with Crippen LogP contribution in [0.2, 0.25) is 0 Å². The van der Waals surface area contributed by atoms with E-state index >= 15 is 0 Å². The SMILES string of the molecule is CCN(CCN(C)C)C(=NCc1cc(Br)ccc1F)Nc1cccc(O)c1. The Morgan fingerprint density at radius 2 is 1.96 bits per heavy atom.